The molecule has 2 aromatic rings. The Balaban J connectivity index is 2.09. The van der Waals surface area contributed by atoms with E-state index in [0.717, 1.165) is 17.0 Å². The van der Waals surface area contributed by atoms with E-state index in [9.17, 15) is 9.59 Å². The Morgan fingerprint density at radius 3 is 2.38 bits per heavy atom. The van der Waals surface area contributed by atoms with Crippen molar-refractivity contribution in [2.45, 2.75) is 27.3 Å². The number of hydrogen-bond acceptors (Lipinski definition) is 5. The highest BCUT2D eigenvalue weighted by Crippen LogP contribution is 2.28. The van der Waals surface area contributed by atoms with Crippen molar-refractivity contribution >= 4 is 11.9 Å². The molecule has 0 atom stereocenters. The fourth-order valence-electron chi connectivity index (χ4n) is 2.48. The number of nitrogens with one attached hydrogen (secondary N) is 1. The first-order chi connectivity index (χ1) is 12.4. The van der Waals surface area contributed by atoms with Crippen LogP contribution in [0.1, 0.15) is 34.2 Å². The van der Waals surface area contributed by atoms with Crippen LogP contribution < -0.4 is 14.8 Å². The molecule has 0 saturated carbocycles. The third-order valence-electron chi connectivity index (χ3n) is 3.45. The average Bonchev–Trinajstić information content (AvgIpc) is 2.58. The largest absolute Gasteiger partial charge is 0.490 e. The molecule has 0 aliphatic heterocycles. The molecule has 1 amide bonds. The summed E-state index contributed by atoms with van der Waals surface area (Å²) in [6.45, 7) is 5.87. The molecule has 1 heterocycles. The topological polar surface area (TPSA) is 97.8 Å². The number of carboxylic acids is 1. The molecule has 138 valence electrons. The Morgan fingerprint density at radius 2 is 1.77 bits per heavy atom. The number of rotatable bonds is 8. The Labute approximate surface area is 152 Å². The molecule has 7 nitrogen and oxygen atoms in total. The lowest BCUT2D eigenvalue weighted by Crippen LogP contribution is -2.23. The fourth-order valence-corrected chi connectivity index (χ4v) is 2.48. The van der Waals surface area contributed by atoms with Crippen molar-refractivity contribution in [2.24, 2.45) is 0 Å². The van der Waals surface area contributed by atoms with Gasteiger partial charge in [-0.3, -0.25) is 9.78 Å². The van der Waals surface area contributed by atoms with Gasteiger partial charge in [-0.05, 0) is 56.7 Å². The van der Waals surface area contributed by atoms with E-state index in [1.165, 1.54) is 6.07 Å². The maximum Gasteiger partial charge on any atom is 0.341 e. The maximum atomic E-state index is 12.4. The molecule has 0 aliphatic rings. The lowest BCUT2D eigenvalue weighted by molar-refractivity contribution is -0.139. The first-order valence-corrected chi connectivity index (χ1v) is 8.23. The predicted molar refractivity (Wildman–Crippen MR) is 95.6 cm³/mol. The Hall–Kier alpha value is -3.09. The van der Waals surface area contributed by atoms with Crippen molar-refractivity contribution in [3.05, 3.63) is 52.8 Å². The fraction of sp³-hybridized carbons (Fsp3) is 0.316. The summed E-state index contributed by atoms with van der Waals surface area (Å²) < 4.78 is 10.6. The van der Waals surface area contributed by atoms with Crippen LogP contribution in [0.2, 0.25) is 0 Å². The minimum atomic E-state index is -1.09. The zero-order valence-electron chi connectivity index (χ0n) is 15.0. The van der Waals surface area contributed by atoms with Crippen LogP contribution in [0.25, 0.3) is 0 Å². The second-order valence-electron chi connectivity index (χ2n) is 5.72. The molecule has 7 heteroatoms. The average molecular weight is 358 g/mol. The summed E-state index contributed by atoms with van der Waals surface area (Å²) in [5.41, 5.74) is 3.16. The minimum Gasteiger partial charge on any atom is -0.490 e. The van der Waals surface area contributed by atoms with Gasteiger partial charge >= 0.3 is 5.97 Å². The van der Waals surface area contributed by atoms with E-state index in [0.29, 0.717) is 24.5 Å². The van der Waals surface area contributed by atoms with Gasteiger partial charge in [0.15, 0.2) is 18.1 Å². The maximum absolute atomic E-state index is 12.4. The highest BCUT2D eigenvalue weighted by molar-refractivity contribution is 5.94. The Bertz CT molecular complexity index is 784. The Kier molecular flexibility index (Phi) is 6.54. The first kappa shape index (κ1) is 19.2. The van der Waals surface area contributed by atoms with Gasteiger partial charge in [-0.1, -0.05) is 0 Å². The van der Waals surface area contributed by atoms with Crippen molar-refractivity contribution in [3.63, 3.8) is 0 Å². The number of aromatic nitrogens is 1. The summed E-state index contributed by atoms with van der Waals surface area (Å²) >= 11 is 0. The molecule has 0 unspecified atom stereocenters. The van der Waals surface area contributed by atoms with Gasteiger partial charge in [-0.25, -0.2) is 4.79 Å². The number of pyridine rings is 1. The van der Waals surface area contributed by atoms with Gasteiger partial charge in [-0.15, -0.1) is 0 Å². The number of carboxylic acid groups (broad SMARTS) is 1. The quantitative estimate of drug-likeness (QED) is 0.752. The van der Waals surface area contributed by atoms with Crippen LogP contribution in [0.5, 0.6) is 11.5 Å². The van der Waals surface area contributed by atoms with Crippen molar-refractivity contribution in [2.75, 3.05) is 13.2 Å². The normalized spacial score (nSPS) is 10.3. The summed E-state index contributed by atoms with van der Waals surface area (Å²) in [7, 11) is 0. The van der Waals surface area contributed by atoms with Crippen molar-refractivity contribution in [1.82, 2.24) is 10.3 Å². The van der Waals surface area contributed by atoms with Crippen molar-refractivity contribution < 1.29 is 24.2 Å². The molecule has 0 radical (unpaired) electrons. The van der Waals surface area contributed by atoms with Crippen LogP contribution in [0.3, 0.4) is 0 Å². The lowest BCUT2D eigenvalue weighted by atomic mass is 10.1. The van der Waals surface area contributed by atoms with E-state index in [1.54, 1.807) is 19.1 Å². The van der Waals surface area contributed by atoms with E-state index in [2.05, 4.69) is 10.3 Å². The van der Waals surface area contributed by atoms with Gasteiger partial charge < -0.3 is 19.9 Å². The Morgan fingerprint density at radius 1 is 1.08 bits per heavy atom. The molecular formula is C19H22N2O5. The van der Waals surface area contributed by atoms with Gasteiger partial charge in [0.25, 0.3) is 5.91 Å². The van der Waals surface area contributed by atoms with E-state index in [4.69, 9.17) is 14.6 Å². The molecule has 1 aromatic heterocycles. The molecule has 0 aliphatic carbocycles. The summed E-state index contributed by atoms with van der Waals surface area (Å²) in [5.74, 6) is -0.733. The first-order valence-electron chi connectivity index (χ1n) is 8.23. The van der Waals surface area contributed by atoms with Crippen molar-refractivity contribution in [1.29, 1.82) is 0 Å². The van der Waals surface area contributed by atoms with E-state index >= 15 is 0 Å². The number of nitrogens with zero attached hydrogens (tertiary/aromatic N) is 1. The highest BCUT2D eigenvalue weighted by atomic mass is 16.5. The van der Waals surface area contributed by atoms with Gasteiger partial charge in [-0.2, -0.15) is 0 Å². The summed E-state index contributed by atoms with van der Waals surface area (Å²) in [4.78, 5) is 27.4. The number of amides is 1. The van der Waals surface area contributed by atoms with Crippen LogP contribution in [0.4, 0.5) is 0 Å². The summed E-state index contributed by atoms with van der Waals surface area (Å²) in [6.07, 6.45) is 0. The molecule has 0 spiro atoms. The van der Waals surface area contributed by atoms with Crippen molar-refractivity contribution in [3.8, 4) is 11.5 Å². The van der Waals surface area contributed by atoms with Crippen LogP contribution in [-0.4, -0.2) is 35.2 Å². The lowest BCUT2D eigenvalue weighted by Gasteiger charge is -2.12. The highest BCUT2D eigenvalue weighted by Gasteiger charge is 2.13. The molecule has 2 rings (SSSR count). The number of aryl methyl sites for hydroxylation is 2. The number of carbonyl (C=O) groups excluding carboxylic acids is 1. The molecular weight excluding hydrogens is 336 g/mol. The predicted octanol–water partition coefficient (Wildman–Crippen LogP) is 2.49. The van der Waals surface area contributed by atoms with E-state index in [1.807, 2.05) is 26.0 Å². The number of ether oxygens (including phenoxy) is 2. The van der Waals surface area contributed by atoms with Gasteiger partial charge in [0.1, 0.15) is 0 Å². The number of carbonyl (C=O) groups is 2. The SMILES string of the molecule is CCOc1cc(C(=O)NCc2cc(C)nc(C)c2)ccc1OCC(=O)O. The molecule has 0 saturated heterocycles. The third kappa shape index (κ3) is 5.47. The van der Waals surface area contributed by atoms with E-state index in [-0.39, 0.29) is 11.7 Å². The molecule has 2 N–H and O–H groups in total. The number of aliphatic carboxylic acids is 1. The van der Waals surface area contributed by atoms with Crippen LogP contribution >= 0.6 is 0 Å². The second kappa shape index (κ2) is 8.84. The van der Waals surface area contributed by atoms with E-state index < -0.39 is 12.6 Å². The smallest absolute Gasteiger partial charge is 0.341 e. The van der Waals surface area contributed by atoms with Gasteiger partial charge in [0.2, 0.25) is 0 Å². The zero-order chi connectivity index (χ0) is 19.1. The van der Waals surface area contributed by atoms with Gasteiger partial charge in [0, 0.05) is 23.5 Å². The number of hydrogen-bond donors (Lipinski definition) is 2. The summed E-state index contributed by atoms with van der Waals surface area (Å²) in [6, 6.07) is 8.48. The van der Waals surface area contributed by atoms with Crippen LogP contribution in [0.15, 0.2) is 30.3 Å². The van der Waals surface area contributed by atoms with Gasteiger partial charge in [0.05, 0.1) is 6.61 Å². The molecule has 26 heavy (non-hydrogen) atoms. The second-order valence-corrected chi connectivity index (χ2v) is 5.72. The number of benzene rings is 1. The monoisotopic (exact) mass is 358 g/mol. The molecule has 0 bridgehead atoms. The zero-order valence-corrected chi connectivity index (χ0v) is 15.0. The minimum absolute atomic E-state index is 0.261. The van der Waals surface area contributed by atoms with Crippen LogP contribution in [-0.2, 0) is 11.3 Å². The standard InChI is InChI=1S/C19H22N2O5/c1-4-25-17-9-15(5-6-16(17)26-11-18(22)23)19(24)20-10-14-7-12(2)21-13(3)8-14/h5-9H,4,10-11H2,1-3H3,(H,20,24)(H,22,23). The molecule has 1 aromatic carbocycles. The molecule has 0 fully saturated rings. The summed E-state index contributed by atoms with van der Waals surface area (Å²) in [5, 5.41) is 11.6. The third-order valence-corrected chi connectivity index (χ3v) is 3.45. The van der Waals surface area contributed by atoms with Crippen LogP contribution in [0, 0.1) is 13.8 Å².